The van der Waals surface area contributed by atoms with Gasteiger partial charge in [0.05, 0.1) is 11.6 Å². The zero-order chi connectivity index (χ0) is 16.1. The van der Waals surface area contributed by atoms with Crippen molar-refractivity contribution in [3.63, 3.8) is 0 Å². The van der Waals surface area contributed by atoms with Crippen LogP contribution in [-0.2, 0) is 6.54 Å². The van der Waals surface area contributed by atoms with Gasteiger partial charge in [-0.15, -0.1) is 0 Å². The number of thioether (sulfide) groups is 1. The minimum absolute atomic E-state index is 0.0194. The summed E-state index contributed by atoms with van der Waals surface area (Å²) in [7, 11) is 0. The molecule has 2 N–H and O–H groups in total. The van der Waals surface area contributed by atoms with E-state index >= 15 is 0 Å². The van der Waals surface area contributed by atoms with Crippen molar-refractivity contribution < 1.29 is 13.5 Å². The SMILES string of the molecule is NC(=NCc1cc(Cl)cc(Cl)c1OC(F)F)N1CCSCC1. The fraction of sp³-hybridized carbons (Fsp3) is 0.462. The Morgan fingerprint density at radius 3 is 2.68 bits per heavy atom. The Bertz CT molecular complexity index is 554. The summed E-state index contributed by atoms with van der Waals surface area (Å²) < 4.78 is 29.4. The molecule has 1 aliphatic heterocycles. The third-order valence-corrected chi connectivity index (χ3v) is 4.48. The first-order valence-corrected chi connectivity index (χ1v) is 8.44. The molecule has 0 radical (unpaired) electrons. The summed E-state index contributed by atoms with van der Waals surface area (Å²) in [6.07, 6.45) is 0. The summed E-state index contributed by atoms with van der Waals surface area (Å²) in [6.45, 7) is -1.27. The first-order chi connectivity index (χ1) is 10.5. The van der Waals surface area contributed by atoms with Crippen LogP contribution < -0.4 is 10.5 Å². The molecule has 1 heterocycles. The van der Waals surface area contributed by atoms with Crippen molar-refractivity contribution >= 4 is 40.9 Å². The van der Waals surface area contributed by atoms with E-state index in [9.17, 15) is 8.78 Å². The number of aliphatic imine (C=N–C) groups is 1. The van der Waals surface area contributed by atoms with Gasteiger partial charge in [-0.25, -0.2) is 4.99 Å². The Morgan fingerprint density at radius 2 is 2.05 bits per heavy atom. The number of benzene rings is 1. The van der Waals surface area contributed by atoms with Crippen molar-refractivity contribution in [2.45, 2.75) is 13.2 Å². The molecule has 1 aromatic carbocycles. The molecule has 0 unspecified atom stereocenters. The molecule has 0 amide bonds. The monoisotopic (exact) mass is 369 g/mol. The summed E-state index contributed by atoms with van der Waals surface area (Å²) in [5.74, 6) is 2.23. The Kier molecular flexibility index (Phi) is 6.40. The zero-order valence-electron chi connectivity index (χ0n) is 11.6. The molecular formula is C13H15Cl2F2N3OS. The van der Waals surface area contributed by atoms with Crippen LogP contribution in [0.4, 0.5) is 8.78 Å². The third-order valence-electron chi connectivity index (χ3n) is 3.04. The van der Waals surface area contributed by atoms with Gasteiger partial charge in [0.1, 0.15) is 5.75 Å². The molecular weight excluding hydrogens is 355 g/mol. The second-order valence-electron chi connectivity index (χ2n) is 4.53. The van der Waals surface area contributed by atoms with Gasteiger partial charge in [-0.2, -0.15) is 20.5 Å². The fourth-order valence-electron chi connectivity index (χ4n) is 2.01. The van der Waals surface area contributed by atoms with E-state index in [1.807, 2.05) is 16.7 Å². The summed E-state index contributed by atoms with van der Waals surface area (Å²) in [4.78, 5) is 6.19. The number of guanidine groups is 1. The van der Waals surface area contributed by atoms with Crippen molar-refractivity contribution in [1.29, 1.82) is 0 Å². The van der Waals surface area contributed by atoms with Gasteiger partial charge in [0, 0.05) is 35.2 Å². The van der Waals surface area contributed by atoms with Crippen molar-refractivity contribution in [2.24, 2.45) is 10.7 Å². The van der Waals surface area contributed by atoms with Gasteiger partial charge in [0.15, 0.2) is 5.96 Å². The molecule has 0 aromatic heterocycles. The Morgan fingerprint density at radius 1 is 1.36 bits per heavy atom. The third kappa shape index (κ3) is 4.79. The largest absolute Gasteiger partial charge is 0.433 e. The molecule has 1 saturated heterocycles. The molecule has 0 spiro atoms. The van der Waals surface area contributed by atoms with Crippen LogP contribution in [-0.4, -0.2) is 42.1 Å². The maximum absolute atomic E-state index is 12.5. The van der Waals surface area contributed by atoms with Gasteiger partial charge in [0.25, 0.3) is 0 Å². The van der Waals surface area contributed by atoms with Crippen LogP contribution in [0.1, 0.15) is 5.56 Å². The number of hydrogen-bond donors (Lipinski definition) is 1. The van der Waals surface area contributed by atoms with Crippen LogP contribution in [0.25, 0.3) is 0 Å². The number of halogens is 4. The quantitative estimate of drug-likeness (QED) is 0.652. The second-order valence-corrected chi connectivity index (χ2v) is 6.60. The summed E-state index contributed by atoms with van der Waals surface area (Å²) in [6, 6.07) is 2.84. The van der Waals surface area contributed by atoms with E-state index in [4.69, 9.17) is 28.9 Å². The van der Waals surface area contributed by atoms with E-state index in [1.165, 1.54) is 12.1 Å². The Balaban J connectivity index is 2.16. The molecule has 0 saturated carbocycles. The predicted octanol–water partition coefficient (Wildman–Crippen LogP) is 3.46. The molecule has 1 aliphatic rings. The number of rotatable bonds is 4. The van der Waals surface area contributed by atoms with Gasteiger partial charge < -0.3 is 15.4 Å². The number of nitrogens with two attached hydrogens (primary N) is 1. The molecule has 0 aliphatic carbocycles. The standard InChI is InChI=1S/C13H15Cl2F2N3OS/c14-9-5-8(11(10(15)6-9)21-12(16)17)7-19-13(18)20-1-3-22-4-2-20/h5-6,12H,1-4,7H2,(H2,18,19). The molecule has 22 heavy (non-hydrogen) atoms. The molecule has 0 bridgehead atoms. The van der Waals surface area contributed by atoms with E-state index in [0.29, 0.717) is 16.5 Å². The molecule has 2 rings (SSSR count). The summed E-state index contributed by atoms with van der Waals surface area (Å²) in [5.41, 5.74) is 6.30. The van der Waals surface area contributed by atoms with Crippen molar-refractivity contribution in [1.82, 2.24) is 4.90 Å². The zero-order valence-corrected chi connectivity index (χ0v) is 13.9. The first-order valence-electron chi connectivity index (χ1n) is 6.52. The Labute approximate surface area is 141 Å². The molecule has 1 aromatic rings. The minimum Gasteiger partial charge on any atom is -0.433 e. The van der Waals surface area contributed by atoms with Gasteiger partial charge in [0.2, 0.25) is 0 Å². The van der Waals surface area contributed by atoms with E-state index in [0.717, 1.165) is 24.6 Å². The molecule has 9 heteroatoms. The lowest BCUT2D eigenvalue weighted by Crippen LogP contribution is -2.42. The fourth-order valence-corrected chi connectivity index (χ4v) is 3.49. The van der Waals surface area contributed by atoms with Crippen molar-refractivity contribution in [3.8, 4) is 5.75 Å². The van der Waals surface area contributed by atoms with Crippen LogP contribution in [0.5, 0.6) is 5.75 Å². The van der Waals surface area contributed by atoms with Crippen LogP contribution in [0.15, 0.2) is 17.1 Å². The van der Waals surface area contributed by atoms with Gasteiger partial charge in [-0.05, 0) is 12.1 Å². The molecule has 0 atom stereocenters. The predicted molar refractivity (Wildman–Crippen MR) is 87.3 cm³/mol. The summed E-state index contributed by atoms with van der Waals surface area (Å²) >= 11 is 13.7. The highest BCUT2D eigenvalue weighted by Gasteiger charge is 2.16. The smallest absolute Gasteiger partial charge is 0.387 e. The topological polar surface area (TPSA) is 50.9 Å². The van der Waals surface area contributed by atoms with Gasteiger partial charge in [-0.1, -0.05) is 23.2 Å². The number of hydrogen-bond acceptors (Lipinski definition) is 3. The highest BCUT2D eigenvalue weighted by atomic mass is 35.5. The van der Waals surface area contributed by atoms with E-state index < -0.39 is 6.61 Å². The van der Waals surface area contributed by atoms with Crippen molar-refractivity contribution in [2.75, 3.05) is 24.6 Å². The lowest BCUT2D eigenvalue weighted by atomic mass is 10.2. The number of nitrogens with zero attached hydrogens (tertiary/aromatic N) is 2. The van der Waals surface area contributed by atoms with Crippen LogP contribution in [0, 0.1) is 0 Å². The average Bonchev–Trinajstić information content (AvgIpc) is 2.48. The Hall–Kier alpha value is -0.920. The average molecular weight is 370 g/mol. The molecule has 122 valence electrons. The minimum atomic E-state index is -2.97. The van der Waals surface area contributed by atoms with Gasteiger partial charge >= 0.3 is 6.61 Å². The van der Waals surface area contributed by atoms with E-state index in [2.05, 4.69) is 9.73 Å². The lowest BCUT2D eigenvalue weighted by Gasteiger charge is -2.27. The maximum Gasteiger partial charge on any atom is 0.387 e. The van der Waals surface area contributed by atoms with Crippen LogP contribution in [0.2, 0.25) is 10.0 Å². The van der Waals surface area contributed by atoms with Crippen molar-refractivity contribution in [3.05, 3.63) is 27.7 Å². The second kappa shape index (κ2) is 8.08. The summed E-state index contributed by atoms with van der Waals surface area (Å²) in [5, 5.41) is 0.343. The highest BCUT2D eigenvalue weighted by Crippen LogP contribution is 2.34. The first kappa shape index (κ1) is 17.4. The molecule has 1 fully saturated rings. The normalized spacial score (nSPS) is 16.2. The number of alkyl halides is 2. The van der Waals surface area contributed by atoms with E-state index in [1.54, 1.807) is 0 Å². The molecule has 4 nitrogen and oxygen atoms in total. The lowest BCUT2D eigenvalue weighted by molar-refractivity contribution is -0.0503. The maximum atomic E-state index is 12.5. The van der Waals surface area contributed by atoms with E-state index in [-0.39, 0.29) is 17.3 Å². The van der Waals surface area contributed by atoms with Crippen LogP contribution in [0.3, 0.4) is 0 Å². The van der Waals surface area contributed by atoms with Gasteiger partial charge in [-0.3, -0.25) is 0 Å². The number of ether oxygens (including phenoxy) is 1. The highest BCUT2D eigenvalue weighted by molar-refractivity contribution is 7.99. The van der Waals surface area contributed by atoms with Crippen LogP contribution >= 0.6 is 35.0 Å².